The summed E-state index contributed by atoms with van der Waals surface area (Å²) in [5.41, 5.74) is -0.430. The molecule has 0 aliphatic heterocycles. The van der Waals surface area contributed by atoms with E-state index in [9.17, 15) is 5.11 Å². The van der Waals surface area contributed by atoms with Crippen LogP contribution in [0.25, 0.3) is 0 Å². The van der Waals surface area contributed by atoms with Crippen LogP contribution in [0.2, 0.25) is 0 Å². The third-order valence-corrected chi connectivity index (χ3v) is 2.60. The Morgan fingerprint density at radius 2 is 1.21 bits per heavy atom. The van der Waals surface area contributed by atoms with Crippen LogP contribution < -0.4 is 0 Å². The highest BCUT2D eigenvalue weighted by molar-refractivity contribution is 4.79. The van der Waals surface area contributed by atoms with Crippen LogP contribution >= 0.6 is 0 Å². The molecule has 0 unspecified atom stereocenters. The summed E-state index contributed by atoms with van der Waals surface area (Å²) in [4.78, 5) is 0. The third kappa shape index (κ3) is 7.37. The monoisotopic (exact) mass is 202 g/mol. The van der Waals surface area contributed by atoms with Gasteiger partial charge in [-0.15, -0.1) is 0 Å². The maximum Gasteiger partial charge on any atom is 0.0619 e. The summed E-state index contributed by atoms with van der Waals surface area (Å²) < 4.78 is 0. The molecule has 0 spiro atoms. The molecule has 14 heavy (non-hydrogen) atoms. The SMILES string of the molecule is CC.CC.CC(C)(O)C1CCCCC1. The van der Waals surface area contributed by atoms with Crippen molar-refractivity contribution in [3.63, 3.8) is 0 Å². The molecule has 0 aromatic carbocycles. The largest absolute Gasteiger partial charge is 0.390 e. The first-order chi connectivity index (χ1) is 6.61. The molecule has 0 heterocycles. The van der Waals surface area contributed by atoms with Gasteiger partial charge < -0.3 is 5.11 Å². The molecule has 1 fully saturated rings. The molecule has 0 amide bonds. The van der Waals surface area contributed by atoms with E-state index in [4.69, 9.17) is 0 Å². The second kappa shape index (κ2) is 9.51. The zero-order valence-corrected chi connectivity index (χ0v) is 11.1. The van der Waals surface area contributed by atoms with E-state index in [1.54, 1.807) is 0 Å². The van der Waals surface area contributed by atoms with Crippen molar-refractivity contribution in [2.24, 2.45) is 5.92 Å². The molecule has 88 valence electrons. The van der Waals surface area contributed by atoms with Gasteiger partial charge in [-0.3, -0.25) is 0 Å². The summed E-state index contributed by atoms with van der Waals surface area (Å²) in [7, 11) is 0. The fourth-order valence-electron chi connectivity index (χ4n) is 1.81. The maximum atomic E-state index is 9.64. The molecule has 1 aliphatic rings. The van der Waals surface area contributed by atoms with Crippen LogP contribution in [0.1, 0.15) is 73.6 Å². The van der Waals surface area contributed by atoms with Gasteiger partial charge in [-0.1, -0.05) is 47.0 Å². The van der Waals surface area contributed by atoms with E-state index < -0.39 is 5.60 Å². The molecule has 0 aromatic rings. The van der Waals surface area contributed by atoms with Gasteiger partial charge in [0.25, 0.3) is 0 Å². The Hall–Kier alpha value is -0.0400. The predicted octanol–water partition coefficient (Wildman–Crippen LogP) is 4.39. The van der Waals surface area contributed by atoms with Crippen molar-refractivity contribution in [2.45, 2.75) is 79.2 Å². The highest BCUT2D eigenvalue weighted by atomic mass is 16.3. The predicted molar refractivity (Wildman–Crippen MR) is 65.6 cm³/mol. The van der Waals surface area contributed by atoms with Crippen LogP contribution in [-0.4, -0.2) is 10.7 Å². The number of hydrogen-bond acceptors (Lipinski definition) is 1. The van der Waals surface area contributed by atoms with E-state index in [1.807, 2.05) is 41.5 Å². The van der Waals surface area contributed by atoms with E-state index in [-0.39, 0.29) is 0 Å². The summed E-state index contributed by atoms with van der Waals surface area (Å²) in [6.07, 6.45) is 6.45. The van der Waals surface area contributed by atoms with Crippen LogP contribution in [0.15, 0.2) is 0 Å². The Balaban J connectivity index is 0. The summed E-state index contributed by atoms with van der Waals surface area (Å²) in [6, 6.07) is 0. The van der Waals surface area contributed by atoms with Gasteiger partial charge in [-0.2, -0.15) is 0 Å². The molecule has 0 saturated heterocycles. The zero-order chi connectivity index (χ0) is 11.6. The average Bonchev–Trinajstić information content (AvgIpc) is 2.24. The average molecular weight is 202 g/mol. The van der Waals surface area contributed by atoms with Gasteiger partial charge in [-0.25, -0.2) is 0 Å². The first-order valence-electron chi connectivity index (χ1n) is 6.33. The maximum absolute atomic E-state index is 9.64. The summed E-state index contributed by atoms with van der Waals surface area (Å²) in [5, 5.41) is 9.64. The Morgan fingerprint density at radius 1 is 0.857 bits per heavy atom. The minimum atomic E-state index is -0.430. The second-order valence-electron chi connectivity index (χ2n) is 3.99. The van der Waals surface area contributed by atoms with Crippen molar-refractivity contribution < 1.29 is 5.11 Å². The van der Waals surface area contributed by atoms with Crippen molar-refractivity contribution >= 4 is 0 Å². The highest BCUT2D eigenvalue weighted by Crippen LogP contribution is 2.31. The lowest BCUT2D eigenvalue weighted by molar-refractivity contribution is 0.000835. The molecular weight excluding hydrogens is 172 g/mol. The van der Waals surface area contributed by atoms with E-state index in [1.165, 1.54) is 32.1 Å². The molecule has 1 rings (SSSR count). The lowest BCUT2D eigenvalue weighted by Gasteiger charge is -2.32. The van der Waals surface area contributed by atoms with E-state index in [0.717, 1.165) is 0 Å². The Kier molecular flexibility index (Phi) is 11.1. The summed E-state index contributed by atoms with van der Waals surface area (Å²) >= 11 is 0. The van der Waals surface area contributed by atoms with Crippen LogP contribution in [0, 0.1) is 5.92 Å². The lowest BCUT2D eigenvalue weighted by atomic mass is 9.79. The second-order valence-corrected chi connectivity index (χ2v) is 3.99. The van der Waals surface area contributed by atoms with E-state index >= 15 is 0 Å². The van der Waals surface area contributed by atoms with Gasteiger partial charge >= 0.3 is 0 Å². The van der Waals surface area contributed by atoms with E-state index in [0.29, 0.717) is 5.92 Å². The van der Waals surface area contributed by atoms with E-state index in [2.05, 4.69) is 0 Å². The minimum Gasteiger partial charge on any atom is -0.390 e. The molecule has 1 N–H and O–H groups in total. The first-order valence-corrected chi connectivity index (χ1v) is 6.33. The minimum absolute atomic E-state index is 0.430. The highest BCUT2D eigenvalue weighted by Gasteiger charge is 2.27. The number of rotatable bonds is 1. The summed E-state index contributed by atoms with van der Waals surface area (Å²) in [5.74, 6) is 0.557. The molecule has 1 aliphatic carbocycles. The topological polar surface area (TPSA) is 20.2 Å². The van der Waals surface area contributed by atoms with Crippen molar-refractivity contribution in [2.75, 3.05) is 0 Å². The van der Waals surface area contributed by atoms with Crippen LogP contribution in [0.5, 0.6) is 0 Å². The smallest absolute Gasteiger partial charge is 0.0619 e. The fourth-order valence-corrected chi connectivity index (χ4v) is 1.81. The number of hydrogen-bond donors (Lipinski definition) is 1. The van der Waals surface area contributed by atoms with Crippen molar-refractivity contribution in [1.82, 2.24) is 0 Å². The molecular formula is C13H30O. The number of aliphatic hydroxyl groups is 1. The molecule has 1 heteroatoms. The van der Waals surface area contributed by atoms with Crippen molar-refractivity contribution in [3.8, 4) is 0 Å². The normalized spacial score (nSPS) is 17.4. The van der Waals surface area contributed by atoms with Gasteiger partial charge in [0.1, 0.15) is 0 Å². The van der Waals surface area contributed by atoms with Gasteiger partial charge in [0.05, 0.1) is 5.60 Å². The Morgan fingerprint density at radius 3 is 1.43 bits per heavy atom. The van der Waals surface area contributed by atoms with Crippen molar-refractivity contribution in [3.05, 3.63) is 0 Å². The third-order valence-electron chi connectivity index (χ3n) is 2.60. The standard InChI is InChI=1S/C9H18O.2C2H6/c1-9(2,10)8-6-4-3-5-7-8;2*1-2/h8,10H,3-7H2,1-2H3;2*1-2H3. The van der Waals surface area contributed by atoms with Gasteiger partial charge in [0.15, 0.2) is 0 Å². The Bertz CT molecular complexity index is 96.3. The molecule has 0 radical (unpaired) electrons. The quantitative estimate of drug-likeness (QED) is 0.668. The van der Waals surface area contributed by atoms with Crippen molar-refractivity contribution in [1.29, 1.82) is 0 Å². The molecule has 1 nitrogen and oxygen atoms in total. The Labute approximate surface area is 90.9 Å². The van der Waals surface area contributed by atoms with Gasteiger partial charge in [0.2, 0.25) is 0 Å². The fraction of sp³-hybridized carbons (Fsp3) is 1.00. The van der Waals surface area contributed by atoms with Crippen LogP contribution in [-0.2, 0) is 0 Å². The van der Waals surface area contributed by atoms with Gasteiger partial charge in [-0.05, 0) is 32.6 Å². The lowest BCUT2D eigenvalue weighted by Crippen LogP contribution is -2.32. The van der Waals surface area contributed by atoms with Crippen LogP contribution in [0.4, 0.5) is 0 Å². The van der Waals surface area contributed by atoms with Gasteiger partial charge in [0, 0.05) is 0 Å². The molecule has 0 aromatic heterocycles. The first kappa shape index (κ1) is 16.4. The summed E-state index contributed by atoms with van der Waals surface area (Å²) in [6.45, 7) is 11.9. The molecule has 0 bridgehead atoms. The van der Waals surface area contributed by atoms with Crippen LogP contribution in [0.3, 0.4) is 0 Å². The zero-order valence-electron chi connectivity index (χ0n) is 11.1. The molecule has 1 saturated carbocycles. The molecule has 0 atom stereocenters.